The molecule has 0 radical (unpaired) electrons. The van der Waals surface area contributed by atoms with Crippen LogP contribution in [0.3, 0.4) is 0 Å². The zero-order valence-corrected chi connectivity index (χ0v) is 12.7. The molecule has 2 heterocycles. The van der Waals surface area contributed by atoms with Crippen LogP contribution in [0.25, 0.3) is 10.9 Å². The predicted octanol–water partition coefficient (Wildman–Crippen LogP) is 2.93. The predicted molar refractivity (Wildman–Crippen MR) is 82.8 cm³/mol. The number of nitrogens with zero attached hydrogens (tertiary/aromatic N) is 2. The van der Waals surface area contributed by atoms with Gasteiger partial charge in [0.2, 0.25) is 0 Å². The third-order valence-corrected chi connectivity index (χ3v) is 4.44. The first kappa shape index (κ1) is 14.0. The fourth-order valence-corrected chi connectivity index (χ4v) is 3.20. The van der Waals surface area contributed by atoms with E-state index in [1.807, 2.05) is 26.0 Å². The Hall–Kier alpha value is -1.94. The van der Waals surface area contributed by atoms with Crippen LogP contribution in [0, 0.1) is 13.8 Å². The van der Waals surface area contributed by atoms with Gasteiger partial charge in [-0.25, -0.2) is 4.79 Å². The van der Waals surface area contributed by atoms with Gasteiger partial charge in [-0.2, -0.15) is 0 Å². The first-order valence-corrected chi connectivity index (χ1v) is 7.40. The van der Waals surface area contributed by atoms with Gasteiger partial charge in [0.1, 0.15) is 0 Å². The minimum Gasteiger partial charge on any atom is -0.478 e. The van der Waals surface area contributed by atoms with Crippen molar-refractivity contribution in [3.05, 3.63) is 40.1 Å². The maximum atomic E-state index is 11.9. The maximum Gasteiger partial charge on any atom is 0.336 e. The van der Waals surface area contributed by atoms with Crippen molar-refractivity contribution in [3.8, 4) is 0 Å². The molecule has 0 spiro atoms. The van der Waals surface area contributed by atoms with Gasteiger partial charge in [0.25, 0.3) is 0 Å². The van der Waals surface area contributed by atoms with E-state index in [1.165, 1.54) is 0 Å². The molecule has 0 unspecified atom stereocenters. The second-order valence-electron chi connectivity index (χ2n) is 5.76. The average Bonchev–Trinajstić information content (AvgIpc) is 2.48. The molecule has 0 saturated heterocycles. The number of likely N-dealkylation sites (N-methyl/N-ethyl adjacent to an activating group) is 1. The lowest BCUT2D eigenvalue weighted by Crippen LogP contribution is -2.32. The zero-order chi connectivity index (χ0) is 15.1. The van der Waals surface area contributed by atoms with Gasteiger partial charge in [-0.15, -0.1) is 0 Å². The normalized spacial score (nSPS) is 15.2. The van der Waals surface area contributed by atoms with Gasteiger partial charge in [0.05, 0.1) is 11.1 Å². The number of aromatic nitrogens is 1. The van der Waals surface area contributed by atoms with Crippen LogP contribution >= 0.6 is 0 Å². The molecule has 0 atom stereocenters. The Kier molecular flexibility index (Phi) is 3.41. The van der Waals surface area contributed by atoms with Crippen LogP contribution in [-0.4, -0.2) is 34.0 Å². The van der Waals surface area contributed by atoms with Crippen LogP contribution in [0.5, 0.6) is 0 Å². The lowest BCUT2D eigenvalue weighted by atomic mass is 9.92. The molecule has 0 amide bonds. The van der Waals surface area contributed by atoms with E-state index in [0.717, 1.165) is 52.8 Å². The van der Waals surface area contributed by atoms with E-state index in [2.05, 4.69) is 11.8 Å². The number of pyridine rings is 1. The second kappa shape index (κ2) is 5.11. The number of aryl methyl sites for hydroxylation is 2. The highest BCUT2D eigenvalue weighted by molar-refractivity contribution is 6.06. The Balaban J connectivity index is 2.38. The zero-order valence-electron chi connectivity index (χ0n) is 12.7. The van der Waals surface area contributed by atoms with Gasteiger partial charge in [-0.3, -0.25) is 9.88 Å². The van der Waals surface area contributed by atoms with Crippen molar-refractivity contribution in [1.29, 1.82) is 0 Å². The third kappa shape index (κ3) is 2.20. The Bertz CT molecular complexity index is 737. The summed E-state index contributed by atoms with van der Waals surface area (Å²) in [6.07, 6.45) is 0.826. The smallest absolute Gasteiger partial charge is 0.336 e. The van der Waals surface area contributed by atoms with E-state index >= 15 is 0 Å². The summed E-state index contributed by atoms with van der Waals surface area (Å²) in [6.45, 7) is 8.63. The summed E-state index contributed by atoms with van der Waals surface area (Å²) in [5, 5.41) is 10.6. The molecular weight excluding hydrogens is 264 g/mol. The number of rotatable bonds is 2. The van der Waals surface area contributed by atoms with Crippen LogP contribution in [0.1, 0.15) is 39.7 Å². The van der Waals surface area contributed by atoms with E-state index in [1.54, 1.807) is 0 Å². The van der Waals surface area contributed by atoms with Crippen molar-refractivity contribution in [2.45, 2.75) is 33.7 Å². The van der Waals surface area contributed by atoms with Gasteiger partial charge >= 0.3 is 5.97 Å². The minimum atomic E-state index is -0.842. The molecule has 0 aliphatic carbocycles. The molecule has 2 aromatic rings. The van der Waals surface area contributed by atoms with Crippen molar-refractivity contribution >= 4 is 16.9 Å². The highest BCUT2D eigenvalue weighted by atomic mass is 16.4. The Labute approximate surface area is 124 Å². The molecule has 4 nitrogen and oxygen atoms in total. The molecule has 1 aromatic heterocycles. The van der Waals surface area contributed by atoms with Crippen LogP contribution in [0.4, 0.5) is 0 Å². The Morgan fingerprint density at radius 2 is 2.05 bits per heavy atom. The highest BCUT2D eigenvalue weighted by Crippen LogP contribution is 2.31. The number of aromatic carboxylic acids is 1. The van der Waals surface area contributed by atoms with Gasteiger partial charge in [0.15, 0.2) is 0 Å². The Morgan fingerprint density at radius 3 is 2.71 bits per heavy atom. The molecule has 1 aromatic carbocycles. The maximum absolute atomic E-state index is 11.9. The van der Waals surface area contributed by atoms with Crippen molar-refractivity contribution in [3.63, 3.8) is 0 Å². The fourth-order valence-electron chi connectivity index (χ4n) is 3.20. The average molecular weight is 284 g/mol. The third-order valence-electron chi connectivity index (χ3n) is 4.44. The van der Waals surface area contributed by atoms with E-state index < -0.39 is 5.97 Å². The van der Waals surface area contributed by atoms with Crippen molar-refractivity contribution < 1.29 is 9.90 Å². The summed E-state index contributed by atoms with van der Waals surface area (Å²) in [5.41, 5.74) is 5.18. The second-order valence-corrected chi connectivity index (χ2v) is 5.76. The van der Waals surface area contributed by atoms with Gasteiger partial charge in [-0.05, 0) is 31.5 Å². The Morgan fingerprint density at radius 1 is 1.33 bits per heavy atom. The number of hydrogen-bond donors (Lipinski definition) is 1. The van der Waals surface area contributed by atoms with Crippen LogP contribution in [0.2, 0.25) is 0 Å². The monoisotopic (exact) mass is 284 g/mol. The molecule has 3 rings (SSSR count). The fraction of sp³-hybridized carbons (Fsp3) is 0.412. The molecule has 21 heavy (non-hydrogen) atoms. The van der Waals surface area contributed by atoms with Crippen LogP contribution in [0.15, 0.2) is 12.1 Å². The number of carbonyl (C=O) groups is 1. The molecule has 0 bridgehead atoms. The van der Waals surface area contributed by atoms with Gasteiger partial charge in [0, 0.05) is 36.2 Å². The van der Waals surface area contributed by atoms with Crippen molar-refractivity contribution in [1.82, 2.24) is 9.88 Å². The van der Waals surface area contributed by atoms with Crippen LogP contribution in [-0.2, 0) is 13.0 Å². The lowest BCUT2D eigenvalue weighted by molar-refractivity contribution is 0.0695. The van der Waals surface area contributed by atoms with Gasteiger partial charge < -0.3 is 5.11 Å². The number of carboxylic acids is 1. The molecule has 0 fully saturated rings. The molecular formula is C17H20N2O2. The van der Waals surface area contributed by atoms with E-state index in [4.69, 9.17) is 4.98 Å². The van der Waals surface area contributed by atoms with E-state index in [-0.39, 0.29) is 0 Å². The van der Waals surface area contributed by atoms with Crippen molar-refractivity contribution in [2.24, 2.45) is 0 Å². The summed E-state index contributed by atoms with van der Waals surface area (Å²) >= 11 is 0. The van der Waals surface area contributed by atoms with Crippen LogP contribution < -0.4 is 0 Å². The molecule has 1 aliphatic rings. The summed E-state index contributed by atoms with van der Waals surface area (Å²) in [5.74, 6) is -0.842. The summed E-state index contributed by atoms with van der Waals surface area (Å²) in [7, 11) is 0. The van der Waals surface area contributed by atoms with E-state index in [0.29, 0.717) is 12.1 Å². The largest absolute Gasteiger partial charge is 0.478 e. The lowest BCUT2D eigenvalue weighted by Gasteiger charge is -2.29. The molecule has 0 saturated carbocycles. The highest BCUT2D eigenvalue weighted by Gasteiger charge is 2.26. The number of hydrogen-bond acceptors (Lipinski definition) is 3. The van der Waals surface area contributed by atoms with Crippen molar-refractivity contribution in [2.75, 3.05) is 13.1 Å². The van der Waals surface area contributed by atoms with Gasteiger partial charge in [-0.1, -0.05) is 19.1 Å². The topological polar surface area (TPSA) is 53.4 Å². The SMILES string of the molecule is CCN1CCc2nc3c(C)ccc(C)c3c(C(=O)O)c2C1. The number of benzene rings is 1. The first-order chi connectivity index (χ1) is 10.0. The quantitative estimate of drug-likeness (QED) is 0.921. The minimum absolute atomic E-state index is 0.453. The first-order valence-electron chi connectivity index (χ1n) is 7.40. The summed E-state index contributed by atoms with van der Waals surface area (Å²) < 4.78 is 0. The summed E-state index contributed by atoms with van der Waals surface area (Å²) in [4.78, 5) is 19.0. The number of fused-ring (bicyclic) bond motifs is 2. The molecule has 1 N–H and O–H groups in total. The molecule has 4 heteroatoms. The molecule has 1 aliphatic heterocycles. The summed E-state index contributed by atoms with van der Waals surface area (Å²) in [6, 6.07) is 4.00. The van der Waals surface area contributed by atoms with E-state index in [9.17, 15) is 9.90 Å². The molecule has 110 valence electrons. The number of carboxylic acid groups (broad SMARTS) is 1. The standard InChI is InChI=1S/C17H20N2O2/c1-4-19-8-7-13-12(9-19)15(17(20)21)14-10(2)5-6-11(3)16(14)18-13/h5-6H,4,7-9H2,1-3H3,(H,20,21).